The fourth-order valence-corrected chi connectivity index (χ4v) is 6.67. The summed E-state index contributed by atoms with van der Waals surface area (Å²) in [7, 11) is 3.46. The van der Waals surface area contributed by atoms with E-state index in [-0.39, 0.29) is 80.5 Å². The number of thiazole rings is 1. The first-order chi connectivity index (χ1) is 24.8. The summed E-state index contributed by atoms with van der Waals surface area (Å²) in [5.41, 5.74) is 0.154. The summed E-state index contributed by atoms with van der Waals surface area (Å²) in [6.07, 6.45) is 1.83. The lowest BCUT2D eigenvalue weighted by molar-refractivity contribution is -0.848. The van der Waals surface area contributed by atoms with Gasteiger partial charge in [0.15, 0.2) is 11.9 Å². The van der Waals surface area contributed by atoms with Crippen LogP contribution in [0.4, 0.5) is 19.3 Å². The Balaban J connectivity index is 0.00000392. The lowest BCUT2D eigenvalue weighted by Crippen LogP contribution is -3.00. The van der Waals surface area contributed by atoms with E-state index < -0.39 is 39.8 Å². The number of hydrogen-bond donors (Lipinski definition) is 2. The average Bonchev–Trinajstić information content (AvgIpc) is 3.79. The number of rotatable bonds is 14. The molecule has 5 rings (SSSR count). The molecule has 54 heavy (non-hydrogen) atoms. The molecule has 1 aliphatic rings. The number of hydrogen-bond acceptors (Lipinski definition) is 11. The van der Waals surface area contributed by atoms with Crippen molar-refractivity contribution in [3.63, 3.8) is 0 Å². The highest BCUT2D eigenvalue weighted by Crippen LogP contribution is 2.42. The van der Waals surface area contributed by atoms with E-state index >= 15 is 4.39 Å². The van der Waals surface area contributed by atoms with E-state index in [1.54, 1.807) is 67.7 Å². The van der Waals surface area contributed by atoms with Crippen molar-refractivity contribution >= 4 is 65.8 Å². The SMILES string of the molecule is C[C@@H](c1nc(-c2ccc(C#N)cc2)cs1)[C@](O)(C[N+]1(CCOC(=O)Nc2cc(Cl)ccc2COC(=O)CN(C)C)C=NC=N1)c1cc(F)ccc1F.Cl.[I-]. The number of nitriles is 1. The Morgan fingerprint density at radius 1 is 1.13 bits per heavy atom. The van der Waals surface area contributed by atoms with Crippen LogP contribution in [0, 0.1) is 23.0 Å². The minimum absolute atomic E-state index is 0. The molecule has 12 nitrogen and oxygen atoms in total. The quantitative estimate of drug-likeness (QED) is 0.111. The smallest absolute Gasteiger partial charge is 0.411 e. The standard InChI is InChI=1S/C36H34ClF2N7O5S.ClH.HI/c1-23(34-43-32(19-52-34)25-6-4-24(16-40)5-7-25)36(49,29-15-28(38)10-11-30(29)39)20-46(22-41-21-42-46)12-13-50-35(48)44-31-14-27(37)9-8-26(31)18-51-33(47)17-45(2)3;;/h4-11,14-15,19,21-23,49H,12-13,17-18,20H2,1-3H3;2*1H/t23-,36+,46?;;/m0../s1. The Morgan fingerprint density at radius 3 is 2.54 bits per heavy atom. The van der Waals surface area contributed by atoms with Gasteiger partial charge >= 0.3 is 12.1 Å². The van der Waals surface area contributed by atoms with Crippen LogP contribution in [0.2, 0.25) is 5.02 Å². The van der Waals surface area contributed by atoms with Crippen molar-refractivity contribution in [3.8, 4) is 17.3 Å². The number of halogens is 5. The van der Waals surface area contributed by atoms with E-state index in [0.29, 0.717) is 26.9 Å². The summed E-state index contributed by atoms with van der Waals surface area (Å²) in [5.74, 6) is -2.93. The molecule has 0 fully saturated rings. The van der Waals surface area contributed by atoms with Crippen molar-refractivity contribution in [1.29, 1.82) is 5.26 Å². The molecule has 3 aromatic carbocycles. The second-order valence-corrected chi connectivity index (χ2v) is 13.7. The van der Waals surface area contributed by atoms with E-state index in [2.05, 4.69) is 21.5 Å². The van der Waals surface area contributed by atoms with Crippen LogP contribution in [0.1, 0.15) is 34.5 Å². The maximum atomic E-state index is 15.5. The number of aliphatic imine (C=N–C) groups is 1. The van der Waals surface area contributed by atoms with Gasteiger partial charge in [-0.05, 0) is 56.6 Å². The minimum atomic E-state index is -2.10. The van der Waals surface area contributed by atoms with Gasteiger partial charge in [0.25, 0.3) is 0 Å². The second kappa shape index (κ2) is 19.5. The number of likely N-dealkylation sites (N-methyl/N-ethyl adjacent to an activating group) is 1. The third-order valence-corrected chi connectivity index (χ3v) is 9.57. The summed E-state index contributed by atoms with van der Waals surface area (Å²) in [4.78, 5) is 35.5. The van der Waals surface area contributed by atoms with Crippen LogP contribution >= 0.6 is 35.3 Å². The van der Waals surface area contributed by atoms with E-state index in [0.717, 1.165) is 23.8 Å². The average molecular weight is 915 g/mol. The Hall–Kier alpha value is -4.09. The molecule has 1 aliphatic heterocycles. The Bertz CT molecular complexity index is 2040. The number of aliphatic hydroxyl groups is 1. The number of carbonyl (C=O) groups is 2. The number of nitrogens with one attached hydrogen (secondary N) is 1. The zero-order valence-corrected chi connectivity index (χ0v) is 33.8. The highest BCUT2D eigenvalue weighted by Gasteiger charge is 2.49. The molecule has 2 heterocycles. The fraction of sp³-hybridized carbons (Fsp3) is 0.278. The summed E-state index contributed by atoms with van der Waals surface area (Å²) < 4.78 is 40.5. The first-order valence-corrected chi connectivity index (χ1v) is 17.2. The van der Waals surface area contributed by atoms with E-state index in [1.165, 1.54) is 30.1 Å². The first-order valence-electron chi connectivity index (χ1n) is 15.9. The molecule has 2 N–H and O–H groups in total. The van der Waals surface area contributed by atoms with Crippen LogP contribution in [0.3, 0.4) is 0 Å². The number of ether oxygens (including phenoxy) is 2. The highest BCUT2D eigenvalue weighted by atomic mass is 127. The molecule has 0 spiro atoms. The van der Waals surface area contributed by atoms with Gasteiger partial charge in [0.05, 0.1) is 34.6 Å². The van der Waals surface area contributed by atoms with Gasteiger partial charge < -0.3 is 38.6 Å². The van der Waals surface area contributed by atoms with Crippen molar-refractivity contribution in [3.05, 3.63) is 104 Å². The van der Waals surface area contributed by atoms with Crippen molar-refractivity contribution in [1.82, 2.24) is 9.88 Å². The Morgan fingerprint density at radius 2 is 1.87 bits per heavy atom. The molecule has 286 valence electrons. The van der Waals surface area contributed by atoms with Gasteiger partial charge in [-0.15, -0.1) is 28.3 Å². The predicted molar refractivity (Wildman–Crippen MR) is 200 cm³/mol. The van der Waals surface area contributed by atoms with E-state index in [4.69, 9.17) is 31.3 Å². The minimum Gasteiger partial charge on any atom is -1.00 e. The lowest BCUT2D eigenvalue weighted by Gasteiger charge is -2.38. The molecule has 1 amide bonds. The largest absolute Gasteiger partial charge is 1.00 e. The summed E-state index contributed by atoms with van der Waals surface area (Å²) in [6, 6.07) is 16.4. The number of esters is 1. The van der Waals surface area contributed by atoms with Gasteiger partial charge in [-0.3, -0.25) is 15.0 Å². The molecule has 18 heteroatoms. The lowest BCUT2D eigenvalue weighted by atomic mass is 9.81. The van der Waals surface area contributed by atoms with Crippen LogP contribution < -0.4 is 29.3 Å². The molecule has 0 bridgehead atoms. The zero-order valence-electron chi connectivity index (χ0n) is 29.2. The zero-order chi connectivity index (χ0) is 37.5. The Kier molecular flexibility index (Phi) is 16.0. The Labute approximate surface area is 343 Å². The predicted octanol–water partition coefficient (Wildman–Crippen LogP) is 3.69. The van der Waals surface area contributed by atoms with Crippen molar-refractivity contribution in [2.75, 3.05) is 45.7 Å². The van der Waals surface area contributed by atoms with Crippen LogP contribution in [-0.4, -0.2) is 84.7 Å². The number of benzene rings is 3. The number of nitrogens with zero attached hydrogens (tertiary/aromatic N) is 6. The van der Waals surface area contributed by atoms with Crippen LogP contribution in [0.5, 0.6) is 0 Å². The van der Waals surface area contributed by atoms with Gasteiger partial charge in [-0.1, -0.05) is 41.8 Å². The van der Waals surface area contributed by atoms with Crippen molar-refractivity contribution in [2.45, 2.75) is 25.0 Å². The number of carbonyl (C=O) groups excluding carboxylic acids is 2. The van der Waals surface area contributed by atoms with Gasteiger partial charge in [-0.25, -0.2) is 18.6 Å². The third kappa shape index (κ3) is 11.0. The molecule has 3 atom stereocenters. The number of quaternary nitrogens is 1. The number of aromatic nitrogens is 1. The molecule has 4 aromatic rings. The van der Waals surface area contributed by atoms with Gasteiger partial charge in [0.1, 0.15) is 37.9 Å². The third-order valence-electron chi connectivity index (χ3n) is 8.31. The van der Waals surface area contributed by atoms with Crippen LogP contribution in [-0.2, 0) is 26.5 Å². The van der Waals surface area contributed by atoms with E-state index in [9.17, 15) is 19.1 Å². The number of anilines is 1. The van der Waals surface area contributed by atoms with Gasteiger partial charge in [0, 0.05) is 33.0 Å². The monoisotopic (exact) mass is 913 g/mol. The molecule has 1 unspecified atom stereocenters. The summed E-state index contributed by atoms with van der Waals surface area (Å²) >= 11 is 7.39. The maximum absolute atomic E-state index is 15.5. The molecule has 0 saturated carbocycles. The first kappa shape index (κ1) is 44.3. The molecular weight excluding hydrogens is 878 g/mol. The molecule has 0 radical (unpaired) electrons. The second-order valence-electron chi connectivity index (χ2n) is 12.4. The van der Waals surface area contributed by atoms with Crippen LogP contribution in [0.15, 0.2) is 76.1 Å². The fourth-order valence-electron chi connectivity index (χ4n) is 5.53. The summed E-state index contributed by atoms with van der Waals surface area (Å²) in [6.45, 7) is 1.00. The highest BCUT2D eigenvalue weighted by molar-refractivity contribution is 7.10. The van der Waals surface area contributed by atoms with Gasteiger partial charge in [-0.2, -0.15) is 10.3 Å². The van der Waals surface area contributed by atoms with Crippen molar-refractivity contribution in [2.24, 2.45) is 10.1 Å². The molecule has 1 aromatic heterocycles. The van der Waals surface area contributed by atoms with E-state index in [1.807, 2.05) is 0 Å². The molecular formula is C36H36Cl2F2IN7O5S. The molecule has 0 saturated heterocycles. The summed E-state index contributed by atoms with van der Waals surface area (Å²) in [5, 5.41) is 31.2. The molecule has 0 aliphatic carbocycles. The van der Waals surface area contributed by atoms with Gasteiger partial charge in [0.2, 0.25) is 6.34 Å². The normalized spacial score (nSPS) is 16.1. The van der Waals surface area contributed by atoms with Crippen molar-refractivity contribution < 1.29 is 61.5 Å². The maximum Gasteiger partial charge on any atom is 0.411 e. The number of amides is 1. The topological polar surface area (TPSA) is 150 Å². The van der Waals surface area contributed by atoms with Crippen LogP contribution in [0.25, 0.3) is 11.3 Å².